The zero-order chi connectivity index (χ0) is 49.8. The van der Waals surface area contributed by atoms with E-state index in [1.54, 1.807) is 0 Å². The number of aliphatic carboxylic acids is 2. The molecule has 0 saturated heterocycles. The van der Waals surface area contributed by atoms with Gasteiger partial charge in [0.2, 0.25) is 31.9 Å². The van der Waals surface area contributed by atoms with Crippen molar-refractivity contribution in [3.05, 3.63) is 94.8 Å². The summed E-state index contributed by atoms with van der Waals surface area (Å²) in [5, 5.41) is 61.1. The van der Waals surface area contributed by atoms with Gasteiger partial charge in [-0.25, -0.2) is 54.2 Å². The van der Waals surface area contributed by atoms with Crippen molar-refractivity contribution >= 4 is 56.0 Å². The first-order chi connectivity index (χ1) is 30.6. The molecule has 0 aliphatic rings. The monoisotopic (exact) mass is 1020 g/mol. The van der Waals surface area contributed by atoms with Gasteiger partial charge in [-0.3, -0.25) is 0 Å². The number of aromatic nitrogens is 4. The molecule has 2 aromatic heterocycles. The molecule has 0 amide bonds. The van der Waals surface area contributed by atoms with E-state index in [-0.39, 0.29) is 53.6 Å². The number of rotatable bonds is 20. The number of anilines is 2. The summed E-state index contributed by atoms with van der Waals surface area (Å²) in [6, 6.07) is 10.9. The maximum Gasteiger partial charge on any atom is 2.00 e. The minimum absolute atomic E-state index is 0. The molecule has 0 aliphatic carbocycles. The number of sulfonamides is 2. The van der Waals surface area contributed by atoms with Crippen LogP contribution in [-0.4, -0.2) is 120 Å². The minimum atomic E-state index is -3.66. The number of halogens is 2. The van der Waals surface area contributed by atoms with Crippen LogP contribution < -0.4 is 18.8 Å². The third-order valence-electron chi connectivity index (χ3n) is 9.62. The average molecular weight is 1020 g/mol. The summed E-state index contributed by atoms with van der Waals surface area (Å²) in [6.45, 7) is 7.38. The van der Waals surface area contributed by atoms with Crippen LogP contribution in [0.1, 0.15) is 87.7 Å². The number of nitrogens with zero attached hydrogens (tertiary/aromatic N) is 6. The molecule has 0 aliphatic heterocycles. The van der Waals surface area contributed by atoms with E-state index in [9.17, 15) is 65.8 Å². The van der Waals surface area contributed by atoms with Crippen LogP contribution in [0.2, 0.25) is 0 Å². The molecule has 0 fully saturated rings. The van der Waals surface area contributed by atoms with Crippen LogP contribution >= 0.6 is 0 Å². The second-order valence-corrected chi connectivity index (χ2v) is 19.9. The van der Waals surface area contributed by atoms with Gasteiger partial charge in [0.15, 0.2) is 0 Å². The normalized spacial score (nSPS) is 13.7. The van der Waals surface area contributed by atoms with Gasteiger partial charge in [-0.1, -0.05) is 52.0 Å². The molecular formula is C44H54F2MnN6O12S2. The van der Waals surface area contributed by atoms with Gasteiger partial charge in [0, 0.05) is 74.0 Å². The molecular weight excluding hydrogens is 962 g/mol. The first kappa shape index (κ1) is 57.9. The van der Waals surface area contributed by atoms with Crippen molar-refractivity contribution in [2.75, 3.05) is 35.2 Å². The molecule has 1 radical (unpaired) electrons. The van der Waals surface area contributed by atoms with Gasteiger partial charge in [0.05, 0.1) is 59.7 Å². The Morgan fingerprint density at radius 3 is 1.16 bits per heavy atom. The topological polar surface area (TPSA) is 287 Å². The van der Waals surface area contributed by atoms with Crippen LogP contribution in [0, 0.1) is 11.6 Å². The van der Waals surface area contributed by atoms with Gasteiger partial charge in [0.25, 0.3) is 0 Å². The summed E-state index contributed by atoms with van der Waals surface area (Å²) in [5.41, 5.74) is 3.52. The predicted octanol–water partition coefficient (Wildman–Crippen LogP) is 2.13. The Morgan fingerprint density at radius 2 is 0.910 bits per heavy atom. The molecule has 4 atom stereocenters. The molecule has 18 nitrogen and oxygen atoms in total. The molecule has 4 aromatic rings. The van der Waals surface area contributed by atoms with Crippen molar-refractivity contribution in [2.24, 2.45) is 0 Å². The number of carbonyl (C=O) groups excluding carboxylic acids is 2. The molecule has 2 heterocycles. The van der Waals surface area contributed by atoms with E-state index in [4.69, 9.17) is 0 Å². The standard InChI is InChI=1S/2C22H28FN3O6S.Mn/c2*1-13(2)20-18(10-9-16(27)11-17(28)12-19(29)30)21(14-5-7-15(23)8-6-14)25-22(24-20)26(3)33(4,31)32;/h2*5-10,13,16-17,27-28H,11-12H2,1-4H3,(H,29,30);/q;;+2/p-2/b2*10-9+;/t2*16-,17-;/m11./s1. The molecule has 2 aromatic carbocycles. The number of aliphatic hydroxyl groups is 4. The van der Waals surface area contributed by atoms with E-state index in [0.717, 1.165) is 21.1 Å². The maximum absolute atomic E-state index is 13.5. The van der Waals surface area contributed by atoms with Crippen LogP contribution in [0.5, 0.6) is 0 Å². The Labute approximate surface area is 399 Å². The van der Waals surface area contributed by atoms with E-state index in [2.05, 4.69) is 19.9 Å². The number of aliphatic hydroxyl groups excluding tert-OH is 4. The fourth-order valence-electron chi connectivity index (χ4n) is 6.07. The van der Waals surface area contributed by atoms with E-state index in [0.29, 0.717) is 45.0 Å². The number of carboxylic acid groups (broad SMARTS) is 2. The summed E-state index contributed by atoms with van der Waals surface area (Å²) in [4.78, 5) is 38.9. The first-order valence-corrected chi connectivity index (χ1v) is 24.0. The second-order valence-electron chi connectivity index (χ2n) is 15.9. The number of hydrogen-bond donors (Lipinski definition) is 4. The fourth-order valence-corrected chi connectivity index (χ4v) is 6.83. The van der Waals surface area contributed by atoms with Crippen LogP contribution in [0.3, 0.4) is 0 Å². The molecule has 0 spiro atoms. The number of carboxylic acids is 2. The molecule has 0 bridgehead atoms. The average Bonchev–Trinajstić information content (AvgIpc) is 3.20. The van der Waals surface area contributed by atoms with Crippen molar-refractivity contribution in [3.8, 4) is 22.5 Å². The molecule has 4 N–H and O–H groups in total. The molecule has 0 saturated carbocycles. The SMILES string of the molecule is CC(C)c1nc(N(C)S(C)(=O)=O)nc(-c2ccc(F)cc2)c1/C=C/[C@@H](O)C[C@@H](O)CC(=O)[O-].CC(C)c1nc(N(C)S(C)(=O)=O)nc(-c2ccc(F)cc2)c1/C=C/[C@@H](O)C[C@@H](O)CC(=O)[O-].[Mn+2]. The van der Waals surface area contributed by atoms with E-state index < -0.39 is 80.9 Å². The van der Waals surface area contributed by atoms with Crippen molar-refractivity contribution in [3.63, 3.8) is 0 Å². The zero-order valence-electron chi connectivity index (χ0n) is 37.9. The Hall–Kier alpha value is -5.26. The summed E-state index contributed by atoms with van der Waals surface area (Å²) < 4.78 is 77.1. The van der Waals surface area contributed by atoms with Gasteiger partial charge in [0.1, 0.15) is 11.6 Å². The predicted molar refractivity (Wildman–Crippen MR) is 240 cm³/mol. The fraction of sp³-hybridized carbons (Fsp3) is 0.409. The van der Waals surface area contributed by atoms with Crippen LogP contribution in [0.15, 0.2) is 60.7 Å². The van der Waals surface area contributed by atoms with Crippen LogP contribution in [0.4, 0.5) is 20.7 Å². The number of hydrogen-bond acceptors (Lipinski definition) is 16. The second kappa shape index (κ2) is 25.2. The van der Waals surface area contributed by atoms with Crippen molar-refractivity contribution in [1.82, 2.24) is 19.9 Å². The molecule has 4 rings (SSSR count). The maximum atomic E-state index is 13.5. The Balaban J connectivity index is 0.000000453. The Kier molecular flexibility index (Phi) is 21.8. The number of carbonyl (C=O) groups is 2. The van der Waals surface area contributed by atoms with Crippen molar-refractivity contribution in [1.29, 1.82) is 0 Å². The third-order valence-corrected chi connectivity index (χ3v) is 11.9. The quantitative estimate of drug-likeness (QED) is 0.0923. The summed E-state index contributed by atoms with van der Waals surface area (Å²) in [5.74, 6) is -4.28. The van der Waals surface area contributed by atoms with Crippen LogP contribution in [0.25, 0.3) is 34.7 Å². The van der Waals surface area contributed by atoms with Gasteiger partial charge in [-0.2, -0.15) is 0 Å². The van der Waals surface area contributed by atoms with Crippen LogP contribution in [-0.2, 0) is 46.7 Å². The van der Waals surface area contributed by atoms with Gasteiger partial charge in [-0.05, 0) is 60.4 Å². The van der Waals surface area contributed by atoms with Crippen molar-refractivity contribution in [2.45, 2.75) is 89.6 Å². The van der Waals surface area contributed by atoms with Crippen molar-refractivity contribution < 1.29 is 82.9 Å². The van der Waals surface area contributed by atoms with E-state index >= 15 is 0 Å². The summed E-state index contributed by atoms with van der Waals surface area (Å²) >= 11 is 0. The van der Waals surface area contributed by atoms with E-state index in [1.165, 1.54) is 86.9 Å². The summed E-state index contributed by atoms with van der Waals surface area (Å²) in [7, 11) is -4.67. The largest absolute Gasteiger partial charge is 2.00 e. The minimum Gasteiger partial charge on any atom is -0.550 e. The Bertz CT molecular complexity index is 2430. The van der Waals surface area contributed by atoms with E-state index in [1.807, 2.05) is 27.7 Å². The van der Waals surface area contributed by atoms with Gasteiger partial charge in [-0.15, -0.1) is 0 Å². The molecule has 365 valence electrons. The Morgan fingerprint density at radius 1 is 0.612 bits per heavy atom. The molecule has 0 unspecified atom stereocenters. The zero-order valence-corrected chi connectivity index (χ0v) is 40.7. The van der Waals surface area contributed by atoms with Gasteiger partial charge >= 0.3 is 17.1 Å². The number of benzene rings is 2. The first-order valence-electron chi connectivity index (χ1n) is 20.3. The third kappa shape index (κ3) is 17.7. The summed E-state index contributed by atoms with van der Waals surface area (Å²) in [6.07, 6.45) is 1.16. The molecule has 23 heteroatoms. The molecule has 67 heavy (non-hydrogen) atoms. The van der Waals surface area contributed by atoms with Gasteiger partial charge < -0.3 is 40.2 Å². The smallest absolute Gasteiger partial charge is 0.550 e.